The maximum absolute atomic E-state index is 15.0. The zero-order chi connectivity index (χ0) is 91.2. The van der Waals surface area contributed by atoms with Crippen molar-refractivity contribution < 1.29 is 117 Å². The van der Waals surface area contributed by atoms with Crippen molar-refractivity contribution in [2.45, 2.75) is 225 Å². The Balaban J connectivity index is 0.0000273. The maximum atomic E-state index is 15.0. The number of nitrogens with two attached hydrogens (primary N) is 1. The molecular formula is C84H114N16O24. The highest BCUT2D eigenvalue weighted by Crippen LogP contribution is 2.23. The van der Waals surface area contributed by atoms with Crippen LogP contribution in [0.3, 0.4) is 0 Å². The third-order valence-electron chi connectivity index (χ3n) is 19.8. The number of benzene rings is 4. The quantitative estimate of drug-likeness (QED) is 0.0204. The molecule has 0 aliphatic rings. The topological polar surface area (TPSA) is 646 Å². The highest BCUT2D eigenvalue weighted by Gasteiger charge is 2.41. The SMILES string of the molecule is C.CC(=O)NC(C(=O)NC(C(=O)NC(Cc1ccccc1)C(=O)NC(C(=O)NC(CO)C(=O)NC(Cc1c[nH]c2ccccc12)C(=O)NC(CCC(=O)O)C(=O)NC(CCC(=O)O)C(=O)NC(Cc1ccc(O)cc1)C(=O)NC(CC(C)C)C(=O)NC(CC(=O)O)C(=O)NC(Cc1c[nH]c2ccccc12)C(=O)NC(C(N)=O)C(C)C)C(C)O)C(C)C)C(C)O. The molecule has 0 aliphatic carbocycles. The number of aromatic amines is 2. The Morgan fingerprint density at radius 2 is 0.694 bits per heavy atom. The number of carboxylic acid groups (broad SMARTS) is 3. The number of carboxylic acids is 3. The second kappa shape index (κ2) is 48.3. The fourth-order valence-electron chi connectivity index (χ4n) is 13.3. The van der Waals surface area contributed by atoms with Crippen molar-refractivity contribution in [2.24, 2.45) is 23.5 Å². The Hall–Kier alpha value is -13.4. The summed E-state index contributed by atoms with van der Waals surface area (Å²) in [6, 6.07) is 4.30. The van der Waals surface area contributed by atoms with Gasteiger partial charge in [0.05, 0.1) is 25.2 Å². The van der Waals surface area contributed by atoms with Gasteiger partial charge < -0.3 is 121 Å². The Morgan fingerprint density at radius 3 is 1.11 bits per heavy atom. The Labute approximate surface area is 714 Å². The summed E-state index contributed by atoms with van der Waals surface area (Å²) in [5.74, 6) is -22.0. The van der Waals surface area contributed by atoms with Crippen LogP contribution in [0, 0.1) is 17.8 Å². The van der Waals surface area contributed by atoms with Gasteiger partial charge >= 0.3 is 17.9 Å². The molecule has 0 bridgehead atoms. The molecule has 14 amide bonds. The summed E-state index contributed by atoms with van der Waals surface area (Å²) in [5, 5.41) is 105. The number of carbonyl (C=O) groups is 17. The standard InChI is InChI=1S/C83H110N16O24.CH4/c1-40(2)31-57(74(114)94-62(36-66(109)110)77(117)92-61(79(119)97-67(41(3)4)71(84)111)35-49-38-86-54-22-16-14-20-52(49)54)90-75(115)58(33-47-23-25-50(104)26-24-47)91-73(113)56(28-30-65(107)108)88-72(112)55(27-29-64(105)106)89-76(116)60(34-48-37-85-53-21-15-13-19-51(48)53)93-80(120)63(39-100)96-82(122)70(44(8)102)99-78(118)59(32-46-17-11-10-12-18-46)95-81(121)68(42(5)6)98-83(123)69(43(7)101)87-45(9)103;/h10-26,37-38,40-44,55-63,67-70,85-86,100-102,104H,27-36,39H2,1-9H3,(H2,84,111)(H,87,103)(H,88,112)(H,89,116)(H,90,115)(H,91,113)(H,92,117)(H,93,120)(H,94,114)(H,95,121)(H,96,122)(H,97,119)(H,98,123)(H,99,118)(H,105,106)(H,107,108)(H,109,110);1H4. The number of aromatic nitrogens is 2. The Kier molecular flexibility index (Phi) is 39.4. The predicted octanol–water partition coefficient (Wildman–Crippen LogP) is -1.61. The average molecular weight is 1730 g/mol. The number of carbonyl (C=O) groups excluding carboxylic acids is 14. The van der Waals surface area contributed by atoms with Crippen molar-refractivity contribution in [2.75, 3.05) is 6.61 Å². The number of aliphatic hydroxyl groups excluding tert-OH is 3. The number of hydrogen-bond acceptors (Lipinski definition) is 21. The normalized spacial score (nSPS) is 14.9. The molecule has 24 N–H and O–H groups in total. The minimum absolute atomic E-state index is 0. The number of aliphatic hydroxyl groups is 3. The zero-order valence-corrected chi connectivity index (χ0v) is 69.3. The van der Waals surface area contributed by atoms with Crippen LogP contribution < -0.4 is 74.9 Å². The summed E-state index contributed by atoms with van der Waals surface area (Å²) >= 11 is 0. The Bertz CT molecular complexity index is 4740. The number of aliphatic carboxylic acids is 3. The summed E-state index contributed by atoms with van der Waals surface area (Å²) < 4.78 is 0. The average Bonchev–Trinajstić information content (AvgIpc) is 1.70. The molecular weight excluding hydrogens is 1620 g/mol. The van der Waals surface area contributed by atoms with Crippen LogP contribution in [0.15, 0.2) is 116 Å². The molecule has 6 rings (SSSR count). The van der Waals surface area contributed by atoms with E-state index in [4.69, 9.17) is 5.73 Å². The molecule has 6 aromatic rings. The number of para-hydroxylation sites is 2. The lowest BCUT2D eigenvalue weighted by Crippen LogP contribution is -2.63. The van der Waals surface area contributed by atoms with Crippen molar-refractivity contribution in [1.29, 1.82) is 0 Å². The molecule has 124 heavy (non-hydrogen) atoms. The first-order valence-corrected chi connectivity index (χ1v) is 39.8. The van der Waals surface area contributed by atoms with Gasteiger partial charge in [0.25, 0.3) is 0 Å². The van der Waals surface area contributed by atoms with E-state index in [2.05, 4.69) is 79.1 Å². The van der Waals surface area contributed by atoms with E-state index in [1.807, 2.05) is 0 Å². The van der Waals surface area contributed by atoms with Crippen LogP contribution in [-0.4, -0.2) is 244 Å². The first-order valence-electron chi connectivity index (χ1n) is 39.8. The number of fused-ring (bicyclic) bond motifs is 2. The molecule has 0 saturated heterocycles. The van der Waals surface area contributed by atoms with Crippen LogP contribution in [0.5, 0.6) is 5.75 Å². The van der Waals surface area contributed by atoms with Crippen LogP contribution in [0.2, 0.25) is 0 Å². The first-order chi connectivity index (χ1) is 58.0. The molecule has 15 atom stereocenters. The molecule has 0 radical (unpaired) electrons. The minimum atomic E-state index is -2.04. The van der Waals surface area contributed by atoms with Crippen molar-refractivity contribution >= 4 is 122 Å². The molecule has 2 heterocycles. The maximum Gasteiger partial charge on any atom is 0.305 e. The lowest BCUT2D eigenvalue weighted by atomic mass is 9.99. The number of phenols is 1. The highest BCUT2D eigenvalue weighted by molar-refractivity contribution is 6.02. The van der Waals surface area contributed by atoms with Crippen LogP contribution in [0.4, 0.5) is 0 Å². The molecule has 0 saturated carbocycles. The molecule has 0 aliphatic heterocycles. The largest absolute Gasteiger partial charge is 0.508 e. The van der Waals surface area contributed by atoms with E-state index in [9.17, 15) is 117 Å². The van der Waals surface area contributed by atoms with Gasteiger partial charge in [-0.1, -0.05) is 128 Å². The van der Waals surface area contributed by atoms with E-state index in [1.165, 1.54) is 37.4 Å². The second-order valence-corrected chi connectivity index (χ2v) is 31.0. The van der Waals surface area contributed by atoms with Crippen LogP contribution >= 0.6 is 0 Å². The molecule has 0 fully saturated rings. The van der Waals surface area contributed by atoms with Crippen molar-refractivity contribution in [1.82, 2.24) is 79.1 Å². The number of primary amides is 1. The van der Waals surface area contributed by atoms with Crippen LogP contribution in [-0.2, 0) is 107 Å². The van der Waals surface area contributed by atoms with Crippen molar-refractivity contribution in [3.8, 4) is 5.75 Å². The minimum Gasteiger partial charge on any atom is -0.508 e. The van der Waals surface area contributed by atoms with Gasteiger partial charge in [-0.15, -0.1) is 0 Å². The van der Waals surface area contributed by atoms with Gasteiger partial charge in [0.2, 0.25) is 82.7 Å². The third-order valence-corrected chi connectivity index (χ3v) is 19.8. The van der Waals surface area contributed by atoms with E-state index in [-0.39, 0.29) is 38.0 Å². The summed E-state index contributed by atoms with van der Waals surface area (Å²) in [7, 11) is 0. The summed E-state index contributed by atoms with van der Waals surface area (Å²) in [4.78, 5) is 241. The highest BCUT2D eigenvalue weighted by atomic mass is 16.4. The smallest absolute Gasteiger partial charge is 0.305 e. The monoisotopic (exact) mass is 1730 g/mol. The molecule has 0 spiro atoms. The zero-order valence-electron chi connectivity index (χ0n) is 69.3. The van der Waals surface area contributed by atoms with E-state index in [0.29, 0.717) is 38.5 Å². The second-order valence-electron chi connectivity index (χ2n) is 31.0. The number of amides is 14. The van der Waals surface area contributed by atoms with Gasteiger partial charge in [-0.2, -0.15) is 0 Å². The molecule has 40 heteroatoms. The van der Waals surface area contributed by atoms with E-state index < -0.39 is 261 Å². The van der Waals surface area contributed by atoms with Crippen molar-refractivity contribution in [3.63, 3.8) is 0 Å². The molecule has 674 valence electrons. The summed E-state index contributed by atoms with van der Waals surface area (Å²) in [6.07, 6.45) is -6.27. The van der Waals surface area contributed by atoms with Crippen LogP contribution in [0.1, 0.15) is 131 Å². The summed E-state index contributed by atoms with van der Waals surface area (Å²) in [5.41, 5.74) is 8.35. The molecule has 15 unspecified atom stereocenters. The van der Waals surface area contributed by atoms with E-state index in [1.54, 1.807) is 127 Å². The van der Waals surface area contributed by atoms with Gasteiger partial charge in [-0.3, -0.25) is 81.5 Å². The lowest BCUT2D eigenvalue weighted by Gasteiger charge is -2.29. The van der Waals surface area contributed by atoms with Gasteiger partial charge in [0, 0.05) is 79.6 Å². The van der Waals surface area contributed by atoms with Gasteiger partial charge in [-0.05, 0) is 97.4 Å². The lowest BCUT2D eigenvalue weighted by molar-refractivity contribution is -0.142. The van der Waals surface area contributed by atoms with Gasteiger partial charge in [0.1, 0.15) is 84.3 Å². The van der Waals surface area contributed by atoms with Gasteiger partial charge in [-0.25, -0.2) is 0 Å². The number of aromatic hydroxyl groups is 1. The fourth-order valence-corrected chi connectivity index (χ4v) is 13.3. The Morgan fingerprint density at radius 1 is 0.363 bits per heavy atom. The fraction of sp³-hybridized carbons (Fsp3) is 0.464. The van der Waals surface area contributed by atoms with Crippen molar-refractivity contribution in [3.05, 3.63) is 138 Å². The van der Waals surface area contributed by atoms with E-state index in [0.717, 1.165) is 13.8 Å². The van der Waals surface area contributed by atoms with Crippen LogP contribution in [0.25, 0.3) is 21.8 Å². The number of rotatable bonds is 49. The molecule has 4 aromatic carbocycles. The predicted molar refractivity (Wildman–Crippen MR) is 448 cm³/mol. The summed E-state index contributed by atoms with van der Waals surface area (Å²) in [6.45, 7) is 11.8. The third kappa shape index (κ3) is 31.3. The first kappa shape index (κ1) is 101. The number of hydrogen-bond donors (Lipinski definition) is 23. The molecule has 2 aromatic heterocycles. The van der Waals surface area contributed by atoms with E-state index >= 15 is 0 Å². The molecule has 40 nitrogen and oxygen atoms in total. The number of H-pyrrole nitrogens is 2. The van der Waals surface area contributed by atoms with Gasteiger partial charge in [0.15, 0.2) is 0 Å². The number of phenolic OH excluding ortho intramolecular Hbond substituents is 1. The number of nitrogens with one attached hydrogen (secondary N) is 15.